The van der Waals surface area contributed by atoms with E-state index in [-0.39, 0.29) is 70.8 Å². The summed E-state index contributed by atoms with van der Waals surface area (Å²) in [7, 11) is 0. The van der Waals surface area contributed by atoms with Gasteiger partial charge < -0.3 is 0 Å². The summed E-state index contributed by atoms with van der Waals surface area (Å²) in [5.74, 6) is 0. The molecule has 0 amide bonds. The van der Waals surface area contributed by atoms with Crippen LogP contribution in [0.25, 0.3) is 39.1 Å². The maximum Gasteiger partial charge on any atom is 0 e. The molecule has 0 nitrogen and oxygen atoms in total. The zero-order valence-corrected chi connectivity index (χ0v) is 54.3. The fraction of sp³-hybridized carbons (Fsp3) is 0.200. The smallest absolute Gasteiger partial charge is 0 e. The molecule has 388 valence electrons. The summed E-state index contributed by atoms with van der Waals surface area (Å²) in [4.78, 5) is 0. The van der Waals surface area contributed by atoms with E-state index in [9.17, 15) is 0 Å². The van der Waals surface area contributed by atoms with Crippen molar-refractivity contribution in [3.63, 3.8) is 0 Å². The normalized spacial score (nSPS) is 10.7. The van der Waals surface area contributed by atoms with Gasteiger partial charge in [0.15, 0.2) is 0 Å². The van der Waals surface area contributed by atoms with Crippen molar-refractivity contribution in [3.05, 3.63) is 314 Å². The average Bonchev–Trinajstić information content (AvgIpc) is 3.66. The Bertz CT molecular complexity index is 3320. The maximum atomic E-state index is 3.66. The number of hydrogen-bond acceptors (Lipinski definition) is 0. The second kappa shape index (κ2) is 33.0. The third-order valence-electron chi connectivity index (χ3n) is 13.7. The molecule has 0 bridgehead atoms. The first-order valence-corrected chi connectivity index (χ1v) is 26.3. The molecule has 2 radical (unpaired) electrons. The molecule has 0 atom stereocenters. The molecule has 0 spiro atoms. The van der Waals surface area contributed by atoms with E-state index in [0.717, 1.165) is 0 Å². The Morgan fingerprint density at radius 1 is 0.351 bits per heavy atom. The molecule has 2 heteroatoms. The third kappa shape index (κ3) is 20.9. The zero-order chi connectivity index (χ0) is 54.5. The molecule has 11 rings (SSSR count). The van der Waals surface area contributed by atoms with Crippen molar-refractivity contribution in [1.29, 1.82) is 0 Å². The minimum absolute atomic E-state index is 0. The molecule has 0 fully saturated rings. The first-order chi connectivity index (χ1) is 35.9. The molecule has 0 saturated heterocycles. The first kappa shape index (κ1) is 65.7. The zero-order valence-electron chi connectivity index (χ0n) is 48.6. The van der Waals surface area contributed by atoms with Crippen LogP contribution in [-0.4, -0.2) is 0 Å². The largest absolute Gasteiger partial charge is 0.184 e. The van der Waals surface area contributed by atoms with E-state index in [1.165, 1.54) is 116 Å². The summed E-state index contributed by atoms with van der Waals surface area (Å²) < 4.78 is 0. The Morgan fingerprint density at radius 2 is 0.805 bits per heavy atom. The fourth-order valence-corrected chi connectivity index (χ4v) is 8.74. The predicted molar refractivity (Wildman–Crippen MR) is 330 cm³/mol. The van der Waals surface area contributed by atoms with Crippen molar-refractivity contribution < 1.29 is 65.4 Å². The summed E-state index contributed by atoms with van der Waals surface area (Å²) in [6, 6.07) is 80.2. The minimum atomic E-state index is 0. The molecule has 0 unspecified atom stereocenters. The van der Waals surface area contributed by atoms with Crippen molar-refractivity contribution in [2.45, 2.75) is 102 Å². The van der Waals surface area contributed by atoms with E-state index in [0.29, 0.717) is 0 Å². The monoisotopic (exact) mass is 1160 g/mol. The van der Waals surface area contributed by atoms with Gasteiger partial charge in [0, 0.05) is 65.4 Å². The van der Waals surface area contributed by atoms with Gasteiger partial charge in [-0.1, -0.05) is 237 Å². The molecule has 77 heavy (non-hydrogen) atoms. The molecule has 1 aliphatic carbocycles. The Kier molecular flexibility index (Phi) is 28.1. The van der Waals surface area contributed by atoms with Crippen LogP contribution in [0.4, 0.5) is 0 Å². The van der Waals surface area contributed by atoms with Crippen LogP contribution >= 0.6 is 0 Å². The van der Waals surface area contributed by atoms with Gasteiger partial charge in [-0.15, -0.1) is 11.1 Å². The molecule has 10 aromatic rings. The molecular weight excluding hydrogens is 1080 g/mol. The first-order valence-electron chi connectivity index (χ1n) is 26.3. The van der Waals surface area contributed by atoms with Crippen LogP contribution in [0.1, 0.15) is 97.3 Å². The van der Waals surface area contributed by atoms with Gasteiger partial charge in [0.05, 0.1) is 0 Å². The van der Waals surface area contributed by atoms with Crippen LogP contribution < -0.4 is 0 Å². The summed E-state index contributed by atoms with van der Waals surface area (Å²) in [5, 5.41) is 2.64. The number of fused-ring (bicyclic) bond motifs is 4. The molecular formula is C75H80Y2-2. The van der Waals surface area contributed by atoms with Crippen molar-refractivity contribution in [2.24, 2.45) is 0 Å². The van der Waals surface area contributed by atoms with Crippen molar-refractivity contribution >= 4 is 16.8 Å². The van der Waals surface area contributed by atoms with Crippen molar-refractivity contribution in [2.75, 3.05) is 0 Å². The van der Waals surface area contributed by atoms with Gasteiger partial charge in [-0.2, -0.15) is 60.2 Å². The van der Waals surface area contributed by atoms with Gasteiger partial charge in [0.2, 0.25) is 0 Å². The Labute approximate surface area is 516 Å². The van der Waals surface area contributed by atoms with Gasteiger partial charge >= 0.3 is 0 Å². The second-order valence-corrected chi connectivity index (χ2v) is 20.5. The second-order valence-electron chi connectivity index (χ2n) is 20.5. The molecule has 0 N–H and O–H groups in total. The topological polar surface area (TPSA) is 0 Å². The minimum Gasteiger partial charge on any atom is -0.184 e. The number of aryl methyl sites for hydroxylation is 11. The summed E-state index contributed by atoms with van der Waals surface area (Å²) >= 11 is 0. The van der Waals surface area contributed by atoms with Crippen LogP contribution in [-0.2, 0) is 70.8 Å². The Morgan fingerprint density at radius 3 is 1.36 bits per heavy atom. The van der Waals surface area contributed by atoms with E-state index in [1.54, 1.807) is 0 Å². The van der Waals surface area contributed by atoms with Crippen LogP contribution in [0.2, 0.25) is 0 Å². The third-order valence-corrected chi connectivity index (χ3v) is 13.7. The maximum absolute atomic E-state index is 3.66. The fourth-order valence-electron chi connectivity index (χ4n) is 8.74. The van der Waals surface area contributed by atoms with Crippen LogP contribution in [0.3, 0.4) is 0 Å². The van der Waals surface area contributed by atoms with Gasteiger partial charge in [0.1, 0.15) is 0 Å². The van der Waals surface area contributed by atoms with Gasteiger partial charge in [-0.25, -0.2) is 0 Å². The Balaban J connectivity index is 0.000000239. The molecule has 0 saturated carbocycles. The van der Waals surface area contributed by atoms with Crippen LogP contribution in [0, 0.1) is 95.2 Å². The quantitative estimate of drug-likeness (QED) is 0.151. The molecule has 0 aromatic heterocycles. The number of benzene rings is 10. The van der Waals surface area contributed by atoms with E-state index in [4.69, 9.17) is 0 Å². The average molecular weight is 1160 g/mol. The van der Waals surface area contributed by atoms with Gasteiger partial charge in [-0.3, -0.25) is 0 Å². The Hall–Kier alpha value is -5.59. The SMILES string of the molecule is C=Cc1ccc(C)cc1.Cc1cc(C)c(C)c(C)c1.Cc1cc[c-]cc1.Cc1ccc(-c2ccccc2)cc1.Cc1ccc(C)c(C)c1.Cc1ccc2c(c1)C(C)(C)c1c[c-]ccc1-2.Cc1ccc2ccccc2c1.[Y].[Y]. The molecule has 1 aliphatic rings. The van der Waals surface area contributed by atoms with Crippen LogP contribution in [0.15, 0.2) is 219 Å². The van der Waals surface area contributed by atoms with E-state index < -0.39 is 0 Å². The van der Waals surface area contributed by atoms with Gasteiger partial charge in [0.25, 0.3) is 0 Å². The number of rotatable bonds is 2. The van der Waals surface area contributed by atoms with Gasteiger partial charge in [-0.05, 0) is 148 Å². The van der Waals surface area contributed by atoms with E-state index in [2.05, 4.69) is 292 Å². The summed E-state index contributed by atoms with van der Waals surface area (Å²) in [6.45, 7) is 33.8. The number of hydrogen-bond donors (Lipinski definition) is 0. The molecule has 0 aliphatic heterocycles. The predicted octanol–water partition coefficient (Wildman–Crippen LogP) is 20.9. The van der Waals surface area contributed by atoms with Crippen molar-refractivity contribution in [1.82, 2.24) is 0 Å². The van der Waals surface area contributed by atoms with Crippen LogP contribution in [0.5, 0.6) is 0 Å². The van der Waals surface area contributed by atoms with E-state index >= 15 is 0 Å². The standard InChI is InChI=1S/C16H15.C13H12.C11H10.C10H14.C9H12.C9H10.C7H7.2Y/c1-11-8-9-13-12-6-4-5-7-14(12)16(2,3)15(13)10-11;1-11-7-9-13(10-8-11)12-5-3-2-4-6-12;1-9-6-7-10-4-2-3-5-11(10)8-9;1-7-5-8(2)10(4)9(3)6-7;1-7-4-5-8(2)9(3)6-7;1-3-9-6-4-8(2)5-7-9;1-7-5-3-2-4-6-7;;/h4,6-10H,1-3H3;2-10H,1H3;2-8H,1H3;5-6H,1-4H3;4-6H,1-3H3;3-7H,1H2,2H3;3-6H,1H3;;/q-1;;;;;;-1;;. The van der Waals surface area contributed by atoms with Crippen molar-refractivity contribution in [3.8, 4) is 22.3 Å². The summed E-state index contributed by atoms with van der Waals surface area (Å²) in [6.07, 6.45) is 1.85. The summed E-state index contributed by atoms with van der Waals surface area (Å²) in [5.41, 5.74) is 25.7. The van der Waals surface area contributed by atoms with E-state index in [1.807, 2.05) is 42.5 Å². The molecule has 0 heterocycles. The molecule has 10 aromatic carbocycles.